The first-order valence-electron chi connectivity index (χ1n) is 6.77. The van der Waals surface area contributed by atoms with E-state index < -0.39 is 0 Å². The van der Waals surface area contributed by atoms with Crippen molar-refractivity contribution in [3.8, 4) is 16.3 Å². The van der Waals surface area contributed by atoms with Gasteiger partial charge in [0.25, 0.3) is 5.91 Å². The molecule has 0 atom stereocenters. The quantitative estimate of drug-likeness (QED) is 0.766. The van der Waals surface area contributed by atoms with Gasteiger partial charge in [-0.1, -0.05) is 18.2 Å². The minimum absolute atomic E-state index is 0.161. The van der Waals surface area contributed by atoms with Gasteiger partial charge < -0.3 is 10.4 Å². The number of aromatic nitrogens is 1. The van der Waals surface area contributed by atoms with Crippen LogP contribution in [0.25, 0.3) is 10.6 Å². The lowest BCUT2D eigenvalue weighted by Crippen LogP contribution is -2.11. The molecular formula is C17H14N2O2S. The molecule has 0 spiro atoms. The van der Waals surface area contributed by atoms with Crippen molar-refractivity contribution in [3.63, 3.8) is 0 Å². The molecule has 1 aromatic heterocycles. The van der Waals surface area contributed by atoms with Crippen molar-refractivity contribution in [1.29, 1.82) is 0 Å². The standard InChI is InChI=1S/C17H14N2O2S/c1-11-15(16(21)19-13-5-3-2-4-6-13)22-17(18-11)12-7-9-14(20)10-8-12/h2-10,20H,1H3,(H,19,21). The van der Waals surface area contributed by atoms with Crippen LogP contribution in [-0.2, 0) is 0 Å². The Bertz CT molecular complexity index is 795. The van der Waals surface area contributed by atoms with E-state index in [0.717, 1.165) is 16.3 Å². The Morgan fingerprint density at radius 3 is 2.45 bits per heavy atom. The summed E-state index contributed by atoms with van der Waals surface area (Å²) >= 11 is 1.34. The van der Waals surface area contributed by atoms with Gasteiger partial charge in [-0.05, 0) is 43.3 Å². The first-order valence-corrected chi connectivity index (χ1v) is 7.58. The smallest absolute Gasteiger partial charge is 0.267 e. The van der Waals surface area contributed by atoms with Crippen molar-refractivity contribution in [2.45, 2.75) is 6.92 Å². The molecule has 0 radical (unpaired) electrons. The van der Waals surface area contributed by atoms with Crippen LogP contribution in [0.1, 0.15) is 15.4 Å². The Morgan fingerprint density at radius 2 is 1.77 bits per heavy atom. The van der Waals surface area contributed by atoms with Gasteiger partial charge in [0.2, 0.25) is 0 Å². The number of aromatic hydroxyl groups is 1. The first-order chi connectivity index (χ1) is 10.6. The van der Waals surface area contributed by atoms with E-state index in [9.17, 15) is 9.90 Å². The SMILES string of the molecule is Cc1nc(-c2ccc(O)cc2)sc1C(=O)Nc1ccccc1. The number of hydrogen-bond acceptors (Lipinski definition) is 4. The molecule has 0 aliphatic heterocycles. The van der Waals surface area contributed by atoms with Gasteiger partial charge in [0, 0.05) is 11.3 Å². The molecule has 1 amide bonds. The molecule has 0 aliphatic rings. The number of hydrogen-bond donors (Lipinski definition) is 2. The van der Waals surface area contributed by atoms with E-state index in [1.807, 2.05) is 37.3 Å². The summed E-state index contributed by atoms with van der Waals surface area (Å²) < 4.78 is 0. The fourth-order valence-corrected chi connectivity index (χ4v) is 3.01. The second-order valence-corrected chi connectivity index (χ2v) is 5.80. The van der Waals surface area contributed by atoms with Gasteiger partial charge in [0.15, 0.2) is 0 Å². The largest absolute Gasteiger partial charge is 0.508 e. The second kappa shape index (κ2) is 5.99. The van der Waals surface area contributed by atoms with E-state index in [-0.39, 0.29) is 11.7 Å². The summed E-state index contributed by atoms with van der Waals surface area (Å²) in [6.07, 6.45) is 0. The molecule has 3 rings (SSSR count). The number of nitrogens with one attached hydrogen (secondary N) is 1. The van der Waals surface area contributed by atoms with Crippen LogP contribution in [0.15, 0.2) is 54.6 Å². The van der Waals surface area contributed by atoms with Gasteiger partial charge in [0.1, 0.15) is 15.6 Å². The van der Waals surface area contributed by atoms with E-state index in [1.54, 1.807) is 24.3 Å². The third-order valence-corrected chi connectivity index (χ3v) is 4.35. The summed E-state index contributed by atoms with van der Waals surface area (Å²) in [5, 5.41) is 13.0. The number of nitrogens with zero attached hydrogens (tertiary/aromatic N) is 1. The minimum Gasteiger partial charge on any atom is -0.508 e. The Balaban J connectivity index is 1.86. The monoisotopic (exact) mass is 310 g/mol. The summed E-state index contributed by atoms with van der Waals surface area (Å²) in [7, 11) is 0. The van der Waals surface area contributed by atoms with Crippen molar-refractivity contribution in [1.82, 2.24) is 4.98 Å². The highest BCUT2D eigenvalue weighted by Gasteiger charge is 2.16. The summed E-state index contributed by atoms with van der Waals surface area (Å²) in [4.78, 5) is 17.4. The summed E-state index contributed by atoms with van der Waals surface area (Å²) in [5.41, 5.74) is 2.33. The van der Waals surface area contributed by atoms with Gasteiger partial charge in [-0.15, -0.1) is 11.3 Å². The minimum atomic E-state index is -0.161. The lowest BCUT2D eigenvalue weighted by molar-refractivity contribution is 0.103. The Morgan fingerprint density at radius 1 is 1.09 bits per heavy atom. The second-order valence-electron chi connectivity index (χ2n) is 4.80. The van der Waals surface area contributed by atoms with Crippen molar-refractivity contribution in [2.24, 2.45) is 0 Å². The fourth-order valence-electron chi connectivity index (χ4n) is 2.04. The maximum absolute atomic E-state index is 12.4. The van der Waals surface area contributed by atoms with Crippen LogP contribution in [0.3, 0.4) is 0 Å². The van der Waals surface area contributed by atoms with Crippen LogP contribution in [-0.4, -0.2) is 16.0 Å². The molecule has 0 saturated carbocycles. The average Bonchev–Trinajstić information content (AvgIpc) is 2.91. The molecular weight excluding hydrogens is 296 g/mol. The molecule has 5 heteroatoms. The fraction of sp³-hybridized carbons (Fsp3) is 0.0588. The lowest BCUT2D eigenvalue weighted by atomic mass is 10.2. The highest BCUT2D eigenvalue weighted by Crippen LogP contribution is 2.29. The molecule has 0 bridgehead atoms. The van der Waals surface area contributed by atoms with Crippen LogP contribution in [0.5, 0.6) is 5.75 Å². The van der Waals surface area contributed by atoms with Gasteiger partial charge in [0.05, 0.1) is 5.69 Å². The molecule has 0 saturated heterocycles. The zero-order valence-corrected chi connectivity index (χ0v) is 12.7. The number of benzene rings is 2. The molecule has 0 unspecified atom stereocenters. The molecule has 2 N–H and O–H groups in total. The Labute approximate surface area is 132 Å². The zero-order valence-electron chi connectivity index (χ0n) is 11.9. The third-order valence-electron chi connectivity index (χ3n) is 3.15. The number of para-hydroxylation sites is 1. The van der Waals surface area contributed by atoms with Gasteiger partial charge in [-0.2, -0.15) is 0 Å². The predicted molar refractivity (Wildman–Crippen MR) is 88.3 cm³/mol. The van der Waals surface area contributed by atoms with Crippen molar-refractivity contribution in [3.05, 3.63) is 65.2 Å². The number of phenols is 1. The summed E-state index contributed by atoms with van der Waals surface area (Å²) in [6.45, 7) is 1.82. The number of carbonyl (C=O) groups excluding carboxylic acids is 1. The number of carbonyl (C=O) groups is 1. The van der Waals surface area contributed by atoms with Crippen LogP contribution in [0.2, 0.25) is 0 Å². The molecule has 1 heterocycles. The number of aryl methyl sites for hydroxylation is 1. The highest BCUT2D eigenvalue weighted by molar-refractivity contribution is 7.17. The molecule has 0 aliphatic carbocycles. The van der Waals surface area contributed by atoms with E-state index in [0.29, 0.717) is 10.6 Å². The number of anilines is 1. The van der Waals surface area contributed by atoms with Crippen LogP contribution < -0.4 is 5.32 Å². The zero-order chi connectivity index (χ0) is 15.5. The van der Waals surface area contributed by atoms with E-state index in [4.69, 9.17) is 0 Å². The van der Waals surface area contributed by atoms with Crippen molar-refractivity contribution in [2.75, 3.05) is 5.32 Å². The van der Waals surface area contributed by atoms with Crippen LogP contribution in [0, 0.1) is 6.92 Å². The maximum Gasteiger partial charge on any atom is 0.267 e. The Kier molecular flexibility index (Phi) is 3.89. The van der Waals surface area contributed by atoms with Crippen LogP contribution >= 0.6 is 11.3 Å². The van der Waals surface area contributed by atoms with E-state index in [1.165, 1.54) is 11.3 Å². The number of phenolic OH excluding ortho intramolecular Hbond substituents is 1. The molecule has 110 valence electrons. The van der Waals surface area contributed by atoms with Gasteiger partial charge in [-0.3, -0.25) is 4.79 Å². The summed E-state index contributed by atoms with van der Waals surface area (Å²) in [6, 6.07) is 16.1. The number of thiazole rings is 1. The van der Waals surface area contributed by atoms with E-state index in [2.05, 4.69) is 10.3 Å². The average molecular weight is 310 g/mol. The molecule has 4 nitrogen and oxygen atoms in total. The van der Waals surface area contributed by atoms with Crippen molar-refractivity contribution < 1.29 is 9.90 Å². The maximum atomic E-state index is 12.4. The van der Waals surface area contributed by atoms with Gasteiger partial charge in [-0.25, -0.2) is 4.98 Å². The number of rotatable bonds is 3. The molecule has 3 aromatic rings. The lowest BCUT2D eigenvalue weighted by Gasteiger charge is -2.02. The molecule has 2 aromatic carbocycles. The van der Waals surface area contributed by atoms with E-state index >= 15 is 0 Å². The normalized spacial score (nSPS) is 10.4. The molecule has 0 fully saturated rings. The Hall–Kier alpha value is -2.66. The van der Waals surface area contributed by atoms with Crippen molar-refractivity contribution >= 4 is 22.9 Å². The van der Waals surface area contributed by atoms with Gasteiger partial charge >= 0.3 is 0 Å². The van der Waals surface area contributed by atoms with Crippen LogP contribution in [0.4, 0.5) is 5.69 Å². The summed E-state index contributed by atoms with van der Waals surface area (Å²) in [5.74, 6) is 0.0466. The number of amides is 1. The predicted octanol–water partition coefficient (Wildman–Crippen LogP) is 4.08. The first kappa shape index (κ1) is 14.3. The molecule has 22 heavy (non-hydrogen) atoms. The third kappa shape index (κ3) is 2.99. The highest BCUT2D eigenvalue weighted by atomic mass is 32.1. The topological polar surface area (TPSA) is 62.2 Å².